The molecule has 1 aliphatic carbocycles. The Morgan fingerprint density at radius 3 is 2.82 bits per heavy atom. The lowest BCUT2D eigenvalue weighted by molar-refractivity contribution is 0.256. The van der Waals surface area contributed by atoms with Gasteiger partial charge in [-0.3, -0.25) is 0 Å². The lowest BCUT2D eigenvalue weighted by Crippen LogP contribution is -2.26. The fraction of sp³-hybridized carbons (Fsp3) is 0.368. The predicted molar refractivity (Wildman–Crippen MR) is 90.7 cm³/mol. The van der Waals surface area contributed by atoms with Gasteiger partial charge in [0.15, 0.2) is 5.82 Å². The number of hydrogen-bond acceptors (Lipinski definition) is 2. The van der Waals surface area contributed by atoms with Gasteiger partial charge in [-0.25, -0.2) is 9.67 Å². The van der Waals surface area contributed by atoms with Crippen LogP contribution in [-0.2, 0) is 0 Å². The average molecular weight is 293 g/mol. The van der Waals surface area contributed by atoms with Gasteiger partial charge in [0.2, 0.25) is 0 Å². The zero-order valence-corrected chi connectivity index (χ0v) is 13.5. The number of aromatic nitrogens is 3. The summed E-state index contributed by atoms with van der Waals surface area (Å²) in [6.45, 7) is 6.95. The van der Waals surface area contributed by atoms with Crippen molar-refractivity contribution in [3.8, 4) is 5.82 Å². The SMILES string of the molecule is CC1=CCCC(C)(C)C1/C=C/c1ccnn1-c1ccccn1. The van der Waals surface area contributed by atoms with Gasteiger partial charge in [-0.2, -0.15) is 5.10 Å². The first kappa shape index (κ1) is 14.8. The molecule has 2 aromatic rings. The molecule has 3 nitrogen and oxygen atoms in total. The van der Waals surface area contributed by atoms with Crippen LogP contribution < -0.4 is 0 Å². The van der Waals surface area contributed by atoms with E-state index in [1.165, 1.54) is 18.4 Å². The predicted octanol–water partition coefficient (Wildman–Crippen LogP) is 4.66. The normalized spacial score (nSPS) is 21.0. The minimum atomic E-state index is 0.311. The number of allylic oxidation sites excluding steroid dienone is 3. The molecule has 2 aromatic heterocycles. The van der Waals surface area contributed by atoms with Crippen molar-refractivity contribution in [3.05, 3.63) is 60.1 Å². The molecule has 0 saturated heterocycles. The Labute approximate surface area is 132 Å². The molecular weight excluding hydrogens is 270 g/mol. The molecule has 0 aromatic carbocycles. The standard InChI is InChI=1S/C19H23N3/c1-15-7-6-12-19(2,3)17(15)10-9-16-11-14-21-22(16)18-8-4-5-13-20-18/h4-5,7-11,13-14,17H,6,12H2,1-3H3/b10-9+. The van der Waals surface area contributed by atoms with Crippen molar-refractivity contribution in [3.63, 3.8) is 0 Å². The van der Waals surface area contributed by atoms with Gasteiger partial charge in [0, 0.05) is 12.1 Å². The van der Waals surface area contributed by atoms with Crippen LogP contribution >= 0.6 is 0 Å². The minimum Gasteiger partial charge on any atom is -0.237 e. The van der Waals surface area contributed by atoms with Gasteiger partial charge in [0.1, 0.15) is 0 Å². The Bertz CT molecular complexity index is 692. The van der Waals surface area contributed by atoms with Gasteiger partial charge in [-0.05, 0) is 49.5 Å². The zero-order chi connectivity index (χ0) is 15.6. The van der Waals surface area contributed by atoms with E-state index in [4.69, 9.17) is 0 Å². The molecule has 0 saturated carbocycles. The maximum absolute atomic E-state index is 4.39. The monoisotopic (exact) mass is 293 g/mol. The van der Waals surface area contributed by atoms with Gasteiger partial charge >= 0.3 is 0 Å². The van der Waals surface area contributed by atoms with E-state index in [-0.39, 0.29) is 0 Å². The highest BCUT2D eigenvalue weighted by atomic mass is 15.3. The first-order chi connectivity index (χ1) is 10.6. The molecule has 1 aliphatic rings. The van der Waals surface area contributed by atoms with Crippen LogP contribution in [0.25, 0.3) is 11.9 Å². The Balaban J connectivity index is 1.90. The molecule has 22 heavy (non-hydrogen) atoms. The summed E-state index contributed by atoms with van der Waals surface area (Å²) in [6, 6.07) is 7.90. The third kappa shape index (κ3) is 2.89. The smallest absolute Gasteiger partial charge is 0.153 e. The van der Waals surface area contributed by atoms with E-state index < -0.39 is 0 Å². The molecule has 0 aliphatic heterocycles. The molecule has 0 amide bonds. The van der Waals surface area contributed by atoms with E-state index in [9.17, 15) is 0 Å². The third-order valence-electron chi connectivity index (χ3n) is 4.59. The average Bonchev–Trinajstić information content (AvgIpc) is 2.95. The highest BCUT2D eigenvalue weighted by Gasteiger charge is 2.30. The third-order valence-corrected chi connectivity index (χ3v) is 4.59. The number of nitrogens with zero attached hydrogens (tertiary/aromatic N) is 3. The Morgan fingerprint density at radius 1 is 1.23 bits per heavy atom. The van der Waals surface area contributed by atoms with Crippen molar-refractivity contribution in [1.82, 2.24) is 14.8 Å². The Kier molecular flexibility index (Phi) is 3.97. The van der Waals surface area contributed by atoms with Crippen molar-refractivity contribution in [1.29, 1.82) is 0 Å². The van der Waals surface area contributed by atoms with Crippen molar-refractivity contribution in [2.24, 2.45) is 11.3 Å². The van der Waals surface area contributed by atoms with Crippen LogP contribution in [0.15, 0.2) is 54.4 Å². The van der Waals surface area contributed by atoms with E-state index >= 15 is 0 Å². The van der Waals surface area contributed by atoms with Crippen molar-refractivity contribution < 1.29 is 0 Å². The summed E-state index contributed by atoms with van der Waals surface area (Å²) in [4.78, 5) is 4.38. The molecule has 3 rings (SSSR count). The highest BCUT2D eigenvalue weighted by molar-refractivity contribution is 5.49. The molecule has 114 valence electrons. The van der Waals surface area contributed by atoms with Crippen LogP contribution in [0, 0.1) is 11.3 Å². The van der Waals surface area contributed by atoms with Crippen LogP contribution in [0.3, 0.4) is 0 Å². The summed E-state index contributed by atoms with van der Waals surface area (Å²) < 4.78 is 1.88. The summed E-state index contributed by atoms with van der Waals surface area (Å²) in [7, 11) is 0. The molecule has 0 fully saturated rings. The van der Waals surface area contributed by atoms with Crippen molar-refractivity contribution in [2.45, 2.75) is 33.6 Å². The molecule has 1 atom stereocenters. The number of rotatable bonds is 3. The summed E-state index contributed by atoms with van der Waals surface area (Å²) >= 11 is 0. The Hall–Kier alpha value is -2.16. The summed E-state index contributed by atoms with van der Waals surface area (Å²) in [5.41, 5.74) is 2.84. The van der Waals surface area contributed by atoms with E-state index in [1.807, 2.05) is 35.1 Å². The van der Waals surface area contributed by atoms with Gasteiger partial charge in [-0.15, -0.1) is 0 Å². The number of hydrogen-bond donors (Lipinski definition) is 0. The van der Waals surface area contributed by atoms with Crippen LogP contribution in [0.5, 0.6) is 0 Å². The largest absolute Gasteiger partial charge is 0.237 e. The molecule has 1 unspecified atom stereocenters. The topological polar surface area (TPSA) is 30.7 Å². The van der Waals surface area contributed by atoms with Gasteiger partial charge in [0.25, 0.3) is 0 Å². The molecule has 0 bridgehead atoms. The summed E-state index contributed by atoms with van der Waals surface area (Å²) in [6.07, 6.45) is 12.9. The Morgan fingerprint density at radius 2 is 2.09 bits per heavy atom. The summed E-state index contributed by atoms with van der Waals surface area (Å²) in [5.74, 6) is 1.33. The lowest BCUT2D eigenvalue weighted by atomic mass is 9.68. The maximum atomic E-state index is 4.39. The molecule has 0 N–H and O–H groups in total. The van der Waals surface area contributed by atoms with E-state index in [0.29, 0.717) is 11.3 Å². The molecule has 0 spiro atoms. The molecular formula is C19H23N3. The second kappa shape index (κ2) is 5.91. The second-order valence-corrected chi connectivity index (χ2v) is 6.67. The maximum Gasteiger partial charge on any atom is 0.153 e. The van der Waals surface area contributed by atoms with Crippen LogP contribution in [-0.4, -0.2) is 14.8 Å². The fourth-order valence-electron chi connectivity index (χ4n) is 3.29. The minimum absolute atomic E-state index is 0.311. The first-order valence-electron chi connectivity index (χ1n) is 7.88. The van der Waals surface area contributed by atoms with E-state index in [0.717, 1.165) is 11.5 Å². The molecule has 2 heterocycles. The van der Waals surface area contributed by atoms with Gasteiger partial charge in [0.05, 0.1) is 11.9 Å². The molecule has 3 heteroatoms. The van der Waals surface area contributed by atoms with Crippen molar-refractivity contribution >= 4 is 6.08 Å². The fourth-order valence-corrected chi connectivity index (χ4v) is 3.29. The number of pyridine rings is 1. The van der Waals surface area contributed by atoms with Crippen LogP contribution in [0.1, 0.15) is 39.3 Å². The highest BCUT2D eigenvalue weighted by Crippen LogP contribution is 2.41. The van der Waals surface area contributed by atoms with Gasteiger partial charge < -0.3 is 0 Å². The zero-order valence-electron chi connectivity index (χ0n) is 13.5. The first-order valence-corrected chi connectivity index (χ1v) is 7.88. The van der Waals surface area contributed by atoms with E-state index in [1.54, 1.807) is 6.20 Å². The molecule has 0 radical (unpaired) electrons. The van der Waals surface area contributed by atoms with Crippen molar-refractivity contribution in [2.75, 3.05) is 0 Å². The summed E-state index contributed by atoms with van der Waals surface area (Å²) in [5, 5.41) is 4.39. The van der Waals surface area contributed by atoms with E-state index in [2.05, 4.69) is 49.1 Å². The van der Waals surface area contributed by atoms with Gasteiger partial charge in [-0.1, -0.05) is 37.6 Å². The lowest BCUT2D eigenvalue weighted by Gasteiger charge is -2.36. The second-order valence-electron chi connectivity index (χ2n) is 6.67. The van der Waals surface area contributed by atoms with Crippen LogP contribution in [0.2, 0.25) is 0 Å². The van der Waals surface area contributed by atoms with Crippen LogP contribution in [0.4, 0.5) is 0 Å². The quantitative estimate of drug-likeness (QED) is 0.770.